The van der Waals surface area contributed by atoms with Crippen molar-refractivity contribution in [2.45, 2.75) is 20.0 Å². The second-order valence-electron chi connectivity index (χ2n) is 5.77. The predicted molar refractivity (Wildman–Crippen MR) is 94.2 cm³/mol. The second kappa shape index (κ2) is 6.87. The lowest BCUT2D eigenvalue weighted by atomic mass is 9.97. The molecule has 0 bridgehead atoms. The molecule has 134 valence electrons. The maximum absolute atomic E-state index is 13.2. The van der Waals surface area contributed by atoms with Gasteiger partial charge in [0.1, 0.15) is 4.88 Å². The summed E-state index contributed by atoms with van der Waals surface area (Å²) < 4.78 is 43.4. The van der Waals surface area contributed by atoms with Gasteiger partial charge in [0.05, 0.1) is 11.3 Å². The van der Waals surface area contributed by atoms with Gasteiger partial charge in [-0.2, -0.15) is 13.2 Å². The van der Waals surface area contributed by atoms with Crippen LogP contribution in [0.3, 0.4) is 0 Å². The number of hydrogen-bond donors (Lipinski definition) is 1. The van der Waals surface area contributed by atoms with E-state index in [9.17, 15) is 18.0 Å². The molecule has 1 heterocycles. The number of nitrogens with one attached hydrogen (secondary N) is 1. The number of nitrogens with zero attached hydrogens (tertiary/aromatic N) is 2. The van der Waals surface area contributed by atoms with Gasteiger partial charge in [-0.15, -0.1) is 5.10 Å². The number of aryl methyl sites for hydroxylation is 2. The van der Waals surface area contributed by atoms with Crippen LogP contribution in [0.15, 0.2) is 42.5 Å². The number of alkyl halides is 3. The molecule has 1 aromatic heterocycles. The van der Waals surface area contributed by atoms with Crippen molar-refractivity contribution in [1.82, 2.24) is 9.59 Å². The molecule has 1 N–H and O–H groups in total. The number of hydrogen-bond acceptors (Lipinski definition) is 4. The Bertz CT molecular complexity index is 949. The number of anilines is 1. The van der Waals surface area contributed by atoms with Crippen LogP contribution in [0.25, 0.3) is 11.1 Å². The Labute approximate surface area is 151 Å². The summed E-state index contributed by atoms with van der Waals surface area (Å²) in [6.45, 7) is 3.42. The van der Waals surface area contributed by atoms with Crippen LogP contribution < -0.4 is 5.32 Å². The molecule has 0 atom stereocenters. The summed E-state index contributed by atoms with van der Waals surface area (Å²) in [5.41, 5.74) is 1.59. The normalized spacial score (nSPS) is 11.4. The highest BCUT2D eigenvalue weighted by atomic mass is 32.1. The molecule has 0 unspecified atom stereocenters. The monoisotopic (exact) mass is 377 g/mol. The highest BCUT2D eigenvalue weighted by Crippen LogP contribution is 2.37. The van der Waals surface area contributed by atoms with Crippen molar-refractivity contribution < 1.29 is 18.0 Å². The summed E-state index contributed by atoms with van der Waals surface area (Å²) in [5.74, 6) is -0.350. The summed E-state index contributed by atoms with van der Waals surface area (Å²) in [5, 5.41) is 6.46. The van der Waals surface area contributed by atoms with Gasteiger partial charge in [0, 0.05) is 5.69 Å². The first kappa shape index (κ1) is 18.1. The van der Waals surface area contributed by atoms with Crippen molar-refractivity contribution >= 4 is 23.1 Å². The van der Waals surface area contributed by atoms with Crippen LogP contribution in [0.4, 0.5) is 18.9 Å². The Morgan fingerprint density at radius 2 is 1.77 bits per heavy atom. The summed E-state index contributed by atoms with van der Waals surface area (Å²) in [7, 11) is 0. The molecule has 1 amide bonds. The first-order chi connectivity index (χ1) is 12.3. The van der Waals surface area contributed by atoms with Crippen LogP contribution in [-0.2, 0) is 6.18 Å². The van der Waals surface area contributed by atoms with Crippen LogP contribution in [0.2, 0.25) is 0 Å². The maximum atomic E-state index is 13.2. The minimum Gasteiger partial charge on any atom is -0.321 e. The molecule has 0 aliphatic heterocycles. The van der Waals surface area contributed by atoms with Crippen molar-refractivity contribution in [1.29, 1.82) is 0 Å². The Balaban J connectivity index is 1.88. The predicted octanol–water partition coefficient (Wildman–Crippen LogP) is 5.09. The molecule has 2 aromatic carbocycles. The molecule has 8 heteroatoms. The Hall–Kier alpha value is -2.74. The molecule has 4 nitrogen and oxygen atoms in total. The van der Waals surface area contributed by atoms with Crippen LogP contribution in [0.5, 0.6) is 0 Å². The van der Waals surface area contributed by atoms with Crippen molar-refractivity contribution in [3.8, 4) is 11.1 Å². The zero-order valence-corrected chi connectivity index (χ0v) is 14.7. The van der Waals surface area contributed by atoms with Crippen LogP contribution in [-0.4, -0.2) is 15.5 Å². The Kier molecular flexibility index (Phi) is 4.78. The minimum atomic E-state index is -4.44. The van der Waals surface area contributed by atoms with E-state index in [2.05, 4.69) is 14.9 Å². The van der Waals surface area contributed by atoms with Crippen molar-refractivity contribution in [2.75, 3.05) is 5.32 Å². The van der Waals surface area contributed by atoms with E-state index in [0.29, 0.717) is 21.8 Å². The van der Waals surface area contributed by atoms with E-state index < -0.39 is 11.7 Å². The van der Waals surface area contributed by atoms with Gasteiger partial charge in [0.25, 0.3) is 5.91 Å². The van der Waals surface area contributed by atoms with E-state index in [1.54, 1.807) is 38.1 Å². The SMILES string of the molecule is Cc1ccc(C(F)(F)F)c(-c2ccc(NC(=O)c3snnc3C)cc2)c1. The fraction of sp³-hybridized carbons (Fsp3) is 0.167. The number of carbonyl (C=O) groups excluding carboxylic acids is 1. The Morgan fingerprint density at radius 1 is 1.08 bits per heavy atom. The number of halogens is 3. The molecule has 0 saturated heterocycles. The van der Waals surface area contributed by atoms with E-state index >= 15 is 0 Å². The smallest absolute Gasteiger partial charge is 0.321 e. The zero-order chi connectivity index (χ0) is 18.9. The summed E-state index contributed by atoms with van der Waals surface area (Å²) in [6.07, 6.45) is -4.44. The number of rotatable bonds is 3. The van der Waals surface area contributed by atoms with Gasteiger partial charge < -0.3 is 5.32 Å². The number of amides is 1. The molecule has 0 spiro atoms. The van der Waals surface area contributed by atoms with E-state index in [1.807, 2.05) is 0 Å². The van der Waals surface area contributed by atoms with Crippen molar-refractivity contribution in [2.24, 2.45) is 0 Å². The number of aromatic nitrogens is 2. The highest BCUT2D eigenvalue weighted by Gasteiger charge is 2.33. The van der Waals surface area contributed by atoms with Gasteiger partial charge in [-0.05, 0) is 54.7 Å². The molecule has 3 rings (SSSR count). The summed E-state index contributed by atoms with van der Waals surface area (Å²) in [4.78, 5) is 12.5. The van der Waals surface area contributed by atoms with Gasteiger partial charge in [-0.1, -0.05) is 34.3 Å². The molecule has 0 fully saturated rings. The fourth-order valence-electron chi connectivity index (χ4n) is 2.50. The largest absolute Gasteiger partial charge is 0.417 e. The zero-order valence-electron chi connectivity index (χ0n) is 13.9. The molecule has 0 aliphatic carbocycles. The molecule has 0 saturated carbocycles. The van der Waals surface area contributed by atoms with Gasteiger partial charge >= 0.3 is 6.18 Å². The third-order valence-electron chi connectivity index (χ3n) is 3.79. The van der Waals surface area contributed by atoms with E-state index in [0.717, 1.165) is 23.2 Å². The topological polar surface area (TPSA) is 54.9 Å². The first-order valence-corrected chi connectivity index (χ1v) is 8.41. The van der Waals surface area contributed by atoms with E-state index in [1.165, 1.54) is 12.1 Å². The minimum absolute atomic E-state index is 0.109. The molecule has 26 heavy (non-hydrogen) atoms. The quantitative estimate of drug-likeness (QED) is 0.691. The maximum Gasteiger partial charge on any atom is 0.417 e. The van der Waals surface area contributed by atoms with Gasteiger partial charge in [0.15, 0.2) is 0 Å². The van der Waals surface area contributed by atoms with Crippen molar-refractivity contribution in [3.05, 3.63) is 64.2 Å². The molecular formula is C18H14F3N3OS. The van der Waals surface area contributed by atoms with Gasteiger partial charge in [-0.3, -0.25) is 4.79 Å². The number of carbonyl (C=O) groups is 1. The van der Waals surface area contributed by atoms with Crippen LogP contribution in [0.1, 0.15) is 26.5 Å². The third-order valence-corrected chi connectivity index (χ3v) is 4.62. The van der Waals surface area contributed by atoms with E-state index in [4.69, 9.17) is 0 Å². The average molecular weight is 377 g/mol. The lowest BCUT2D eigenvalue weighted by molar-refractivity contribution is -0.137. The number of benzene rings is 2. The van der Waals surface area contributed by atoms with Crippen molar-refractivity contribution in [3.63, 3.8) is 0 Å². The first-order valence-electron chi connectivity index (χ1n) is 7.64. The lowest BCUT2D eigenvalue weighted by Crippen LogP contribution is -2.11. The molecule has 0 radical (unpaired) electrons. The molecular weight excluding hydrogens is 363 g/mol. The lowest BCUT2D eigenvalue weighted by Gasteiger charge is -2.14. The standard InChI is InChI=1S/C18H14F3N3OS/c1-10-3-8-15(18(19,20)21)14(9-10)12-4-6-13(7-5-12)22-17(25)16-11(2)23-24-26-16/h3-9H,1-2H3,(H,22,25). The fourth-order valence-corrected chi connectivity index (χ4v) is 3.06. The van der Waals surface area contributed by atoms with Gasteiger partial charge in [-0.25, -0.2) is 0 Å². The van der Waals surface area contributed by atoms with Crippen LogP contribution >= 0.6 is 11.5 Å². The Morgan fingerprint density at radius 3 is 2.35 bits per heavy atom. The average Bonchev–Trinajstić information content (AvgIpc) is 3.00. The summed E-state index contributed by atoms with van der Waals surface area (Å²) >= 11 is 0.985. The third kappa shape index (κ3) is 3.75. The molecule has 0 aliphatic rings. The molecule has 3 aromatic rings. The van der Waals surface area contributed by atoms with E-state index in [-0.39, 0.29) is 11.5 Å². The highest BCUT2D eigenvalue weighted by molar-refractivity contribution is 7.08. The summed E-state index contributed by atoms with van der Waals surface area (Å²) in [6, 6.07) is 10.3. The van der Waals surface area contributed by atoms with Crippen LogP contribution in [0, 0.1) is 13.8 Å². The van der Waals surface area contributed by atoms with Gasteiger partial charge in [0.2, 0.25) is 0 Å². The second-order valence-corrected chi connectivity index (χ2v) is 6.52.